The van der Waals surface area contributed by atoms with Gasteiger partial charge < -0.3 is 10.2 Å². The number of anilines is 2. The Balaban J connectivity index is 1.58. The second-order valence-electron chi connectivity index (χ2n) is 6.57. The highest BCUT2D eigenvalue weighted by molar-refractivity contribution is 7.91. The van der Waals surface area contributed by atoms with Gasteiger partial charge in [-0.05, 0) is 48.4 Å². The van der Waals surface area contributed by atoms with Gasteiger partial charge in [0.1, 0.15) is 5.82 Å². The van der Waals surface area contributed by atoms with E-state index in [-0.39, 0.29) is 35.7 Å². The molecule has 1 saturated heterocycles. The van der Waals surface area contributed by atoms with E-state index in [0.717, 1.165) is 11.3 Å². The van der Waals surface area contributed by atoms with Crippen molar-refractivity contribution in [2.75, 3.05) is 28.8 Å². The van der Waals surface area contributed by atoms with Crippen molar-refractivity contribution in [3.05, 3.63) is 59.9 Å². The SMILES string of the molecule is CN(c1ccc(NC(=O)Cc2ccc(F)cc2)cc1)C1CCS(=O)(=O)C1. The first-order valence-electron chi connectivity index (χ1n) is 8.40. The highest BCUT2D eigenvalue weighted by Gasteiger charge is 2.30. The average molecular weight is 376 g/mol. The van der Waals surface area contributed by atoms with E-state index in [1.807, 2.05) is 24.1 Å². The number of sulfone groups is 1. The van der Waals surface area contributed by atoms with Crippen LogP contribution in [0.1, 0.15) is 12.0 Å². The van der Waals surface area contributed by atoms with E-state index in [4.69, 9.17) is 0 Å². The number of nitrogens with one attached hydrogen (secondary N) is 1. The Morgan fingerprint density at radius 2 is 1.81 bits per heavy atom. The van der Waals surface area contributed by atoms with Crippen LogP contribution >= 0.6 is 0 Å². The number of amides is 1. The third kappa shape index (κ3) is 4.60. The summed E-state index contributed by atoms with van der Waals surface area (Å²) < 4.78 is 36.1. The van der Waals surface area contributed by atoms with Gasteiger partial charge in [-0.1, -0.05) is 12.1 Å². The number of nitrogens with zero attached hydrogens (tertiary/aromatic N) is 1. The van der Waals surface area contributed by atoms with Gasteiger partial charge in [-0.3, -0.25) is 4.79 Å². The predicted octanol–water partition coefficient (Wildman–Crippen LogP) is 2.63. The summed E-state index contributed by atoms with van der Waals surface area (Å²) >= 11 is 0. The minimum atomic E-state index is -2.93. The quantitative estimate of drug-likeness (QED) is 0.871. The molecule has 1 unspecified atom stereocenters. The highest BCUT2D eigenvalue weighted by atomic mass is 32.2. The lowest BCUT2D eigenvalue weighted by molar-refractivity contribution is -0.115. The van der Waals surface area contributed by atoms with E-state index in [2.05, 4.69) is 5.32 Å². The largest absolute Gasteiger partial charge is 0.371 e. The van der Waals surface area contributed by atoms with Crippen molar-refractivity contribution in [2.45, 2.75) is 18.9 Å². The monoisotopic (exact) mass is 376 g/mol. The van der Waals surface area contributed by atoms with Crippen LogP contribution in [0.2, 0.25) is 0 Å². The van der Waals surface area contributed by atoms with Crippen molar-refractivity contribution in [2.24, 2.45) is 0 Å². The van der Waals surface area contributed by atoms with Crippen LogP contribution < -0.4 is 10.2 Å². The van der Waals surface area contributed by atoms with Crippen LogP contribution in [0.5, 0.6) is 0 Å². The molecule has 0 aromatic heterocycles. The van der Waals surface area contributed by atoms with Gasteiger partial charge in [-0.25, -0.2) is 12.8 Å². The topological polar surface area (TPSA) is 66.5 Å². The molecule has 1 fully saturated rings. The first kappa shape index (κ1) is 18.4. The van der Waals surface area contributed by atoms with Gasteiger partial charge in [-0.2, -0.15) is 0 Å². The maximum absolute atomic E-state index is 12.9. The fraction of sp³-hybridized carbons (Fsp3) is 0.316. The lowest BCUT2D eigenvalue weighted by atomic mass is 10.1. The molecule has 7 heteroatoms. The molecule has 1 atom stereocenters. The number of carbonyl (C=O) groups excluding carboxylic acids is 1. The van der Waals surface area contributed by atoms with Crippen molar-refractivity contribution >= 4 is 27.1 Å². The van der Waals surface area contributed by atoms with Crippen LogP contribution in [-0.4, -0.2) is 38.9 Å². The number of rotatable bonds is 5. The van der Waals surface area contributed by atoms with E-state index in [9.17, 15) is 17.6 Å². The van der Waals surface area contributed by atoms with Crippen molar-refractivity contribution in [3.8, 4) is 0 Å². The molecule has 0 saturated carbocycles. The van der Waals surface area contributed by atoms with E-state index < -0.39 is 9.84 Å². The summed E-state index contributed by atoms with van der Waals surface area (Å²) in [5, 5.41) is 2.81. The maximum Gasteiger partial charge on any atom is 0.228 e. The third-order valence-corrected chi connectivity index (χ3v) is 6.34. The standard InChI is InChI=1S/C19H21FN2O3S/c1-22(18-10-11-26(24,25)13-18)17-8-6-16(7-9-17)21-19(23)12-14-2-4-15(20)5-3-14/h2-9,18H,10-13H2,1H3,(H,21,23). The molecule has 0 radical (unpaired) electrons. The number of halogens is 1. The Labute approximate surface area is 152 Å². The fourth-order valence-electron chi connectivity index (χ4n) is 3.06. The molecule has 1 N–H and O–H groups in total. The molecule has 26 heavy (non-hydrogen) atoms. The van der Waals surface area contributed by atoms with Crippen LogP contribution in [-0.2, 0) is 21.1 Å². The lowest BCUT2D eigenvalue weighted by Gasteiger charge is -2.25. The molecule has 1 aliphatic rings. The van der Waals surface area contributed by atoms with Gasteiger partial charge in [0.05, 0.1) is 17.9 Å². The van der Waals surface area contributed by atoms with Crippen LogP contribution in [0.15, 0.2) is 48.5 Å². The summed E-state index contributed by atoms with van der Waals surface area (Å²) in [6.45, 7) is 0. The molecule has 0 aliphatic carbocycles. The van der Waals surface area contributed by atoms with Crippen molar-refractivity contribution < 1.29 is 17.6 Å². The molecule has 1 heterocycles. The third-order valence-electron chi connectivity index (χ3n) is 4.59. The Morgan fingerprint density at radius 3 is 2.38 bits per heavy atom. The van der Waals surface area contributed by atoms with Gasteiger partial charge in [-0.15, -0.1) is 0 Å². The maximum atomic E-state index is 12.9. The number of benzene rings is 2. The van der Waals surface area contributed by atoms with E-state index in [0.29, 0.717) is 12.1 Å². The van der Waals surface area contributed by atoms with Crippen LogP contribution in [0.25, 0.3) is 0 Å². The summed E-state index contributed by atoms with van der Waals surface area (Å²) in [4.78, 5) is 14.1. The van der Waals surface area contributed by atoms with Gasteiger partial charge >= 0.3 is 0 Å². The van der Waals surface area contributed by atoms with Gasteiger partial charge in [0.25, 0.3) is 0 Å². The zero-order valence-electron chi connectivity index (χ0n) is 14.5. The molecular weight excluding hydrogens is 355 g/mol. The second kappa shape index (κ2) is 7.45. The summed E-state index contributed by atoms with van der Waals surface area (Å²) in [5.74, 6) is -0.0948. The Kier molecular flexibility index (Phi) is 5.27. The lowest BCUT2D eigenvalue weighted by Crippen LogP contribution is -2.32. The minimum Gasteiger partial charge on any atom is -0.371 e. The van der Waals surface area contributed by atoms with Crippen LogP contribution in [0.3, 0.4) is 0 Å². The smallest absolute Gasteiger partial charge is 0.228 e. The van der Waals surface area contributed by atoms with Crippen LogP contribution in [0, 0.1) is 5.82 Å². The molecule has 2 aromatic carbocycles. The van der Waals surface area contributed by atoms with E-state index in [1.165, 1.54) is 12.1 Å². The zero-order chi connectivity index (χ0) is 18.7. The molecule has 138 valence electrons. The van der Waals surface area contributed by atoms with E-state index >= 15 is 0 Å². The summed E-state index contributed by atoms with van der Waals surface area (Å²) in [5.41, 5.74) is 2.31. The minimum absolute atomic E-state index is 0.0149. The Bertz CT molecular complexity index is 880. The van der Waals surface area contributed by atoms with Crippen molar-refractivity contribution in [3.63, 3.8) is 0 Å². The zero-order valence-corrected chi connectivity index (χ0v) is 15.3. The molecule has 0 spiro atoms. The Morgan fingerprint density at radius 1 is 1.15 bits per heavy atom. The highest BCUT2D eigenvalue weighted by Crippen LogP contribution is 2.24. The normalized spacial score (nSPS) is 18.5. The summed E-state index contributed by atoms with van der Waals surface area (Å²) in [7, 11) is -1.04. The first-order valence-corrected chi connectivity index (χ1v) is 10.2. The summed E-state index contributed by atoms with van der Waals surface area (Å²) in [6.07, 6.45) is 0.802. The second-order valence-corrected chi connectivity index (χ2v) is 8.79. The van der Waals surface area contributed by atoms with E-state index in [1.54, 1.807) is 24.3 Å². The predicted molar refractivity (Wildman–Crippen MR) is 101 cm³/mol. The van der Waals surface area contributed by atoms with Crippen molar-refractivity contribution in [1.82, 2.24) is 0 Å². The van der Waals surface area contributed by atoms with Crippen molar-refractivity contribution in [1.29, 1.82) is 0 Å². The number of hydrogen-bond donors (Lipinski definition) is 1. The summed E-state index contributed by atoms with van der Waals surface area (Å²) in [6, 6.07) is 13.1. The Hall–Kier alpha value is -2.41. The van der Waals surface area contributed by atoms with Gasteiger partial charge in [0, 0.05) is 24.5 Å². The van der Waals surface area contributed by atoms with Gasteiger partial charge in [0.15, 0.2) is 9.84 Å². The molecule has 3 rings (SSSR count). The van der Waals surface area contributed by atoms with Gasteiger partial charge in [0.2, 0.25) is 5.91 Å². The molecule has 0 bridgehead atoms. The molecule has 2 aromatic rings. The molecule has 1 amide bonds. The number of hydrogen-bond acceptors (Lipinski definition) is 4. The number of carbonyl (C=O) groups is 1. The molecule has 1 aliphatic heterocycles. The average Bonchev–Trinajstić information content (AvgIpc) is 2.97. The molecular formula is C19H21FN2O3S. The van der Waals surface area contributed by atoms with Crippen LogP contribution in [0.4, 0.5) is 15.8 Å². The first-order chi connectivity index (χ1) is 12.3. The molecule has 5 nitrogen and oxygen atoms in total. The fourth-order valence-corrected chi connectivity index (χ4v) is 4.84.